The second kappa shape index (κ2) is 31.3. The number of hydrogen-bond acceptors (Lipinski definition) is 3. The minimum atomic E-state index is -2.59. The van der Waals surface area contributed by atoms with Gasteiger partial charge in [0.1, 0.15) is 0 Å². The zero-order valence-corrected chi connectivity index (χ0v) is 25.7. The first-order chi connectivity index (χ1) is 14.9. The van der Waals surface area contributed by atoms with Gasteiger partial charge in [0.25, 0.3) is 0 Å². The van der Waals surface area contributed by atoms with Crippen LogP contribution < -0.4 is 0 Å². The molecule has 5 heteroatoms. The van der Waals surface area contributed by atoms with E-state index in [1.54, 1.807) is 21.3 Å². The minimum absolute atomic E-state index is 0. The van der Waals surface area contributed by atoms with E-state index in [9.17, 15) is 0 Å². The molecule has 0 bridgehead atoms. The summed E-state index contributed by atoms with van der Waals surface area (Å²) in [6.45, 7) is 19.8. The van der Waals surface area contributed by atoms with E-state index in [1.165, 1.54) is 57.8 Å². The van der Waals surface area contributed by atoms with Gasteiger partial charge in [0.05, 0.1) is 0 Å². The fourth-order valence-corrected chi connectivity index (χ4v) is 4.83. The summed E-state index contributed by atoms with van der Waals surface area (Å²) in [4.78, 5) is 0. The van der Waals surface area contributed by atoms with Crippen molar-refractivity contribution in [3.63, 3.8) is 0 Å². The third kappa shape index (κ3) is 22.1. The maximum Gasteiger partial charge on any atom is 4.00 e. The first-order valence-corrected chi connectivity index (χ1v) is 14.0. The van der Waals surface area contributed by atoms with Gasteiger partial charge in [-0.2, -0.15) is 25.3 Å². The number of rotatable bonds is 13. The molecule has 0 heterocycles. The van der Waals surface area contributed by atoms with E-state index in [-0.39, 0.29) is 21.1 Å². The molecular formula is C27H54O3PtSi. The Bertz CT molecular complexity index is 368. The zero-order chi connectivity index (χ0) is 24.4. The summed E-state index contributed by atoms with van der Waals surface area (Å²) in [5, 5.41) is 1.04. The van der Waals surface area contributed by atoms with Crippen molar-refractivity contribution in [1.29, 1.82) is 0 Å². The summed E-state index contributed by atoms with van der Waals surface area (Å²) >= 11 is 0. The molecule has 0 aromatic carbocycles. The van der Waals surface area contributed by atoms with Gasteiger partial charge in [-0.3, -0.25) is 6.08 Å². The molecule has 0 saturated heterocycles. The Morgan fingerprint density at radius 2 is 1.09 bits per heavy atom. The Morgan fingerprint density at radius 3 is 1.25 bits per heavy atom. The van der Waals surface area contributed by atoms with Crippen LogP contribution in [0.1, 0.15) is 111 Å². The van der Waals surface area contributed by atoms with E-state index in [0.29, 0.717) is 0 Å². The van der Waals surface area contributed by atoms with Gasteiger partial charge in [-0.05, 0) is 0 Å². The van der Waals surface area contributed by atoms with Crippen LogP contribution in [0.2, 0.25) is 0 Å². The standard InChI is InChI=1S/C9H15O3Si.3C6H13.Pt/c1-8-6-5-7-9(8)13(10-2,11-3)12-4;3*1-3-5-6-4-2;/h7H,5H2,1-4H3;3*1,3-6H2,2H3;/q4*-1;+4. The van der Waals surface area contributed by atoms with Crippen molar-refractivity contribution in [3.8, 4) is 0 Å². The SMILES string of the molecule is CO[Si](OC)(OC)C1=CC[C-]=C1C.[CH2-]CCCCC.[CH2-]CCCCC.[CH2-]CCCCC.[Pt+4]. The Labute approximate surface area is 218 Å². The Balaban J connectivity index is -0.000000177. The van der Waals surface area contributed by atoms with Gasteiger partial charge in [-0.15, -0.1) is 11.6 Å². The van der Waals surface area contributed by atoms with Crippen molar-refractivity contribution in [2.75, 3.05) is 21.3 Å². The maximum absolute atomic E-state index is 5.36. The summed E-state index contributed by atoms with van der Waals surface area (Å²) in [6.07, 6.45) is 21.3. The Morgan fingerprint density at radius 1 is 0.750 bits per heavy atom. The molecule has 0 N–H and O–H groups in total. The van der Waals surface area contributed by atoms with Crippen LogP contribution in [-0.2, 0) is 34.3 Å². The van der Waals surface area contributed by atoms with E-state index in [0.717, 1.165) is 36.5 Å². The topological polar surface area (TPSA) is 27.7 Å². The Kier molecular flexibility index (Phi) is 38.6. The zero-order valence-electron chi connectivity index (χ0n) is 22.4. The summed E-state index contributed by atoms with van der Waals surface area (Å²) in [6, 6.07) is 0. The van der Waals surface area contributed by atoms with Crippen molar-refractivity contribution < 1.29 is 34.3 Å². The monoisotopic (exact) mass is 649 g/mol. The molecule has 0 aliphatic heterocycles. The van der Waals surface area contributed by atoms with Crippen molar-refractivity contribution in [2.45, 2.75) is 111 Å². The van der Waals surface area contributed by atoms with Gasteiger partial charge in [-0.25, -0.2) is 5.57 Å². The molecule has 194 valence electrons. The molecule has 0 amide bonds. The van der Waals surface area contributed by atoms with Crippen LogP contribution in [-0.4, -0.2) is 30.1 Å². The van der Waals surface area contributed by atoms with Crippen LogP contribution in [0.4, 0.5) is 0 Å². The van der Waals surface area contributed by atoms with Crippen LogP contribution in [0.5, 0.6) is 0 Å². The van der Waals surface area contributed by atoms with Crippen LogP contribution in [0.3, 0.4) is 0 Å². The predicted octanol–water partition coefficient (Wildman–Crippen LogP) is 8.68. The van der Waals surface area contributed by atoms with Gasteiger partial charge in [-0.1, -0.05) is 85.5 Å². The van der Waals surface area contributed by atoms with E-state index < -0.39 is 8.80 Å². The number of allylic oxidation sites excluding steroid dienone is 4. The van der Waals surface area contributed by atoms with Gasteiger partial charge < -0.3 is 34.0 Å². The van der Waals surface area contributed by atoms with Gasteiger partial charge in [0.2, 0.25) is 0 Å². The second-order valence-electron chi connectivity index (χ2n) is 7.47. The second-order valence-corrected chi connectivity index (χ2v) is 10.4. The molecular weight excluding hydrogens is 595 g/mol. The van der Waals surface area contributed by atoms with Crippen molar-refractivity contribution in [1.82, 2.24) is 0 Å². The van der Waals surface area contributed by atoms with Crippen molar-refractivity contribution in [3.05, 3.63) is 43.7 Å². The largest absolute Gasteiger partial charge is 4.00 e. The maximum atomic E-state index is 5.36. The molecule has 1 rings (SSSR count). The first kappa shape index (κ1) is 39.5. The van der Waals surface area contributed by atoms with E-state index in [4.69, 9.17) is 13.3 Å². The first-order valence-electron chi connectivity index (χ1n) is 12.3. The molecule has 0 atom stereocenters. The smallest absolute Gasteiger partial charge is 0.386 e. The quantitative estimate of drug-likeness (QED) is 0.114. The van der Waals surface area contributed by atoms with Crippen LogP contribution in [0, 0.1) is 26.8 Å². The average molecular weight is 650 g/mol. The van der Waals surface area contributed by atoms with E-state index >= 15 is 0 Å². The van der Waals surface area contributed by atoms with Gasteiger partial charge in [0, 0.05) is 21.3 Å². The summed E-state index contributed by atoms with van der Waals surface area (Å²) in [7, 11) is 2.26. The average Bonchev–Trinajstić information content (AvgIpc) is 3.24. The van der Waals surface area contributed by atoms with Gasteiger partial charge >= 0.3 is 29.9 Å². The molecule has 0 aromatic heterocycles. The predicted molar refractivity (Wildman–Crippen MR) is 140 cm³/mol. The molecule has 0 unspecified atom stereocenters. The minimum Gasteiger partial charge on any atom is -0.386 e. The molecule has 1 aliphatic carbocycles. The molecule has 0 spiro atoms. The molecule has 3 nitrogen and oxygen atoms in total. The summed E-state index contributed by atoms with van der Waals surface area (Å²) in [5.74, 6) is 0. The Hall–Kier alpha value is 0.265. The molecule has 0 fully saturated rings. The van der Waals surface area contributed by atoms with Crippen LogP contribution in [0.25, 0.3) is 0 Å². The summed E-state index contributed by atoms with van der Waals surface area (Å²) in [5.41, 5.74) is 1.08. The van der Waals surface area contributed by atoms with Crippen LogP contribution >= 0.6 is 0 Å². The summed E-state index contributed by atoms with van der Waals surface area (Å²) < 4.78 is 16.1. The molecule has 0 saturated carbocycles. The normalized spacial score (nSPS) is 12.1. The number of hydrogen-bond donors (Lipinski definition) is 0. The third-order valence-corrected chi connectivity index (χ3v) is 7.63. The molecule has 0 aromatic rings. The van der Waals surface area contributed by atoms with E-state index in [1.807, 2.05) is 6.92 Å². The molecule has 0 radical (unpaired) electrons. The fourth-order valence-electron chi connectivity index (χ4n) is 2.77. The molecule has 1 aliphatic rings. The van der Waals surface area contributed by atoms with Crippen LogP contribution in [0.15, 0.2) is 16.8 Å². The number of unbranched alkanes of at least 4 members (excludes halogenated alkanes) is 9. The fraction of sp³-hybridized carbons (Fsp3) is 0.741. The van der Waals surface area contributed by atoms with E-state index in [2.05, 4.69) is 53.7 Å². The molecule has 32 heavy (non-hydrogen) atoms. The van der Waals surface area contributed by atoms with Gasteiger partial charge in [0.15, 0.2) is 0 Å². The van der Waals surface area contributed by atoms with Crippen molar-refractivity contribution >= 4 is 8.80 Å². The third-order valence-electron chi connectivity index (χ3n) is 4.77. The van der Waals surface area contributed by atoms with Crippen molar-refractivity contribution in [2.24, 2.45) is 0 Å².